The van der Waals surface area contributed by atoms with Crippen molar-refractivity contribution in [2.24, 2.45) is 0 Å². The Balaban J connectivity index is 1.75. The van der Waals surface area contributed by atoms with Crippen LogP contribution in [0.15, 0.2) is 24.5 Å². The molecule has 0 radical (unpaired) electrons. The Morgan fingerprint density at radius 1 is 1.20 bits per heavy atom. The van der Waals surface area contributed by atoms with Crippen LogP contribution in [-0.2, 0) is 4.79 Å². The lowest BCUT2D eigenvalue weighted by molar-refractivity contribution is -0.133. The lowest BCUT2D eigenvalue weighted by Crippen LogP contribution is -2.48. The summed E-state index contributed by atoms with van der Waals surface area (Å²) in [5.41, 5.74) is 0.594. The van der Waals surface area contributed by atoms with Gasteiger partial charge in [-0.1, -0.05) is 0 Å². The molecule has 1 aromatic rings. The number of rotatable bonds is 2. The van der Waals surface area contributed by atoms with Gasteiger partial charge >= 0.3 is 0 Å². The van der Waals surface area contributed by atoms with Crippen molar-refractivity contribution in [3.8, 4) is 0 Å². The van der Waals surface area contributed by atoms with Crippen LogP contribution in [0.5, 0.6) is 0 Å². The SMILES string of the molecule is O=C([C@@H]1CSCN1C(=O)c1ccncc1)N1CCSC1. The van der Waals surface area contributed by atoms with Crippen LogP contribution in [0, 0.1) is 0 Å². The van der Waals surface area contributed by atoms with Gasteiger partial charge in [0.2, 0.25) is 5.91 Å². The van der Waals surface area contributed by atoms with Gasteiger partial charge in [-0.3, -0.25) is 14.6 Å². The van der Waals surface area contributed by atoms with Crippen molar-refractivity contribution in [1.82, 2.24) is 14.8 Å². The summed E-state index contributed by atoms with van der Waals surface area (Å²) in [6.07, 6.45) is 3.20. The average Bonchev–Trinajstić information content (AvgIpc) is 3.18. The zero-order valence-corrected chi connectivity index (χ0v) is 12.5. The number of carbonyl (C=O) groups is 2. The molecule has 3 rings (SSSR count). The molecule has 5 nitrogen and oxygen atoms in total. The standard InChI is InChI=1S/C13H15N3O2S2/c17-12(10-1-3-14-4-2-10)16-9-20-7-11(16)13(18)15-5-6-19-8-15/h1-4,11H,5-9H2/t11-/m0/s1. The maximum Gasteiger partial charge on any atom is 0.255 e. The molecule has 20 heavy (non-hydrogen) atoms. The van der Waals surface area contributed by atoms with E-state index in [1.54, 1.807) is 53.0 Å². The molecule has 0 bridgehead atoms. The molecule has 0 spiro atoms. The van der Waals surface area contributed by atoms with Gasteiger partial charge in [0.1, 0.15) is 6.04 Å². The van der Waals surface area contributed by atoms with Gasteiger partial charge in [-0.05, 0) is 12.1 Å². The topological polar surface area (TPSA) is 53.5 Å². The van der Waals surface area contributed by atoms with Gasteiger partial charge < -0.3 is 9.80 Å². The average molecular weight is 309 g/mol. The summed E-state index contributed by atoms with van der Waals surface area (Å²) < 4.78 is 0. The van der Waals surface area contributed by atoms with E-state index < -0.39 is 0 Å². The van der Waals surface area contributed by atoms with Crippen molar-refractivity contribution >= 4 is 35.3 Å². The van der Waals surface area contributed by atoms with E-state index in [4.69, 9.17) is 0 Å². The third kappa shape index (κ3) is 2.64. The Kier molecular flexibility index (Phi) is 4.16. The number of hydrogen-bond acceptors (Lipinski definition) is 5. The normalized spacial score (nSPS) is 22.3. The lowest BCUT2D eigenvalue weighted by Gasteiger charge is -2.26. The van der Waals surface area contributed by atoms with Crippen molar-refractivity contribution in [3.05, 3.63) is 30.1 Å². The Bertz CT molecular complexity index is 506. The summed E-state index contributed by atoms with van der Waals surface area (Å²) in [6, 6.07) is 3.07. The molecule has 0 unspecified atom stereocenters. The second kappa shape index (κ2) is 6.05. The van der Waals surface area contributed by atoms with E-state index in [0.717, 1.165) is 18.2 Å². The minimum atomic E-state index is -0.320. The van der Waals surface area contributed by atoms with Gasteiger partial charge in [0.25, 0.3) is 5.91 Å². The maximum atomic E-state index is 12.5. The first-order valence-corrected chi connectivity index (χ1v) is 8.73. The minimum Gasteiger partial charge on any atom is -0.331 e. The second-order valence-electron chi connectivity index (χ2n) is 4.67. The maximum absolute atomic E-state index is 12.5. The van der Waals surface area contributed by atoms with Crippen LogP contribution in [-0.4, -0.2) is 62.4 Å². The number of hydrogen-bond donors (Lipinski definition) is 0. The van der Waals surface area contributed by atoms with E-state index in [9.17, 15) is 9.59 Å². The van der Waals surface area contributed by atoms with E-state index in [1.807, 2.05) is 4.90 Å². The van der Waals surface area contributed by atoms with E-state index in [0.29, 0.717) is 17.2 Å². The molecule has 2 saturated heterocycles. The summed E-state index contributed by atoms with van der Waals surface area (Å²) in [5, 5.41) is 0. The predicted octanol–water partition coefficient (Wildman–Crippen LogP) is 1.13. The quantitative estimate of drug-likeness (QED) is 0.820. The summed E-state index contributed by atoms with van der Waals surface area (Å²) in [6.45, 7) is 0.794. The Labute approximate surface area is 126 Å². The number of pyridine rings is 1. The second-order valence-corrected chi connectivity index (χ2v) is 6.74. The van der Waals surface area contributed by atoms with Crippen LogP contribution in [0.1, 0.15) is 10.4 Å². The molecule has 0 aromatic carbocycles. The Morgan fingerprint density at radius 3 is 2.70 bits per heavy atom. The Morgan fingerprint density at radius 2 is 2.00 bits per heavy atom. The molecular formula is C13H15N3O2S2. The highest BCUT2D eigenvalue weighted by Gasteiger charge is 2.38. The summed E-state index contributed by atoms with van der Waals surface area (Å²) in [5.74, 6) is 3.02. The van der Waals surface area contributed by atoms with E-state index >= 15 is 0 Å². The van der Waals surface area contributed by atoms with Crippen LogP contribution in [0.25, 0.3) is 0 Å². The van der Waals surface area contributed by atoms with Crippen LogP contribution >= 0.6 is 23.5 Å². The monoisotopic (exact) mass is 309 g/mol. The first-order valence-electron chi connectivity index (χ1n) is 6.42. The van der Waals surface area contributed by atoms with Gasteiger partial charge in [-0.2, -0.15) is 0 Å². The molecule has 1 aromatic heterocycles. The molecule has 0 saturated carbocycles. The van der Waals surface area contributed by atoms with Crippen LogP contribution < -0.4 is 0 Å². The van der Waals surface area contributed by atoms with E-state index in [2.05, 4.69) is 4.98 Å². The molecule has 1 atom stereocenters. The van der Waals surface area contributed by atoms with Crippen molar-refractivity contribution < 1.29 is 9.59 Å². The molecular weight excluding hydrogens is 294 g/mol. The predicted molar refractivity (Wildman–Crippen MR) is 80.6 cm³/mol. The molecule has 0 N–H and O–H groups in total. The molecule has 0 aliphatic carbocycles. The van der Waals surface area contributed by atoms with Crippen molar-refractivity contribution in [3.63, 3.8) is 0 Å². The van der Waals surface area contributed by atoms with Crippen LogP contribution in [0.3, 0.4) is 0 Å². The fourth-order valence-corrected chi connectivity index (χ4v) is 4.41. The zero-order valence-electron chi connectivity index (χ0n) is 10.9. The van der Waals surface area contributed by atoms with E-state index in [1.165, 1.54) is 0 Å². The number of nitrogens with zero attached hydrogens (tertiary/aromatic N) is 3. The first-order chi connectivity index (χ1) is 9.77. The number of amides is 2. The minimum absolute atomic E-state index is 0.0809. The van der Waals surface area contributed by atoms with Crippen molar-refractivity contribution in [1.29, 1.82) is 0 Å². The van der Waals surface area contributed by atoms with Gasteiger partial charge in [-0.15, -0.1) is 23.5 Å². The third-order valence-electron chi connectivity index (χ3n) is 3.42. The lowest BCUT2D eigenvalue weighted by atomic mass is 10.2. The summed E-state index contributed by atoms with van der Waals surface area (Å²) in [4.78, 5) is 32.4. The largest absolute Gasteiger partial charge is 0.331 e. The molecule has 2 fully saturated rings. The molecule has 3 heterocycles. The fourth-order valence-electron chi connectivity index (χ4n) is 2.31. The summed E-state index contributed by atoms with van der Waals surface area (Å²) >= 11 is 3.40. The van der Waals surface area contributed by atoms with Crippen molar-refractivity contribution in [2.45, 2.75) is 6.04 Å². The first kappa shape index (κ1) is 13.8. The molecule has 2 amide bonds. The molecule has 106 valence electrons. The van der Waals surface area contributed by atoms with Crippen LogP contribution in [0.4, 0.5) is 0 Å². The van der Waals surface area contributed by atoms with Gasteiger partial charge in [0.15, 0.2) is 0 Å². The Hall–Kier alpha value is -1.21. The van der Waals surface area contributed by atoms with Gasteiger partial charge in [-0.25, -0.2) is 0 Å². The summed E-state index contributed by atoms with van der Waals surface area (Å²) in [7, 11) is 0. The molecule has 2 aliphatic heterocycles. The number of aromatic nitrogens is 1. The highest BCUT2D eigenvalue weighted by molar-refractivity contribution is 7.99. The number of carbonyl (C=O) groups excluding carboxylic acids is 2. The fraction of sp³-hybridized carbons (Fsp3) is 0.462. The third-order valence-corrected chi connectivity index (χ3v) is 5.40. The van der Waals surface area contributed by atoms with E-state index in [-0.39, 0.29) is 17.9 Å². The van der Waals surface area contributed by atoms with Gasteiger partial charge in [0, 0.05) is 36.0 Å². The highest BCUT2D eigenvalue weighted by Crippen LogP contribution is 2.26. The zero-order chi connectivity index (χ0) is 13.9. The number of thioether (sulfide) groups is 2. The van der Waals surface area contributed by atoms with Gasteiger partial charge in [0.05, 0.1) is 11.8 Å². The molecule has 2 aliphatic rings. The smallest absolute Gasteiger partial charge is 0.255 e. The van der Waals surface area contributed by atoms with Crippen LogP contribution in [0.2, 0.25) is 0 Å². The van der Waals surface area contributed by atoms with Crippen molar-refractivity contribution in [2.75, 3.05) is 29.8 Å². The highest BCUT2D eigenvalue weighted by atomic mass is 32.2. The molecule has 7 heteroatoms.